The SMILES string of the molecule is NCc1c(N)nc(-c2ccccc2)nc1-c1ccc(F)cc1F. The fourth-order valence-electron chi connectivity index (χ4n) is 2.32. The molecule has 0 amide bonds. The van der Waals surface area contributed by atoms with Crippen LogP contribution in [0.4, 0.5) is 14.6 Å². The van der Waals surface area contributed by atoms with Crippen LogP contribution in [0.2, 0.25) is 0 Å². The first kappa shape index (κ1) is 15.1. The highest BCUT2D eigenvalue weighted by atomic mass is 19.1. The minimum atomic E-state index is -0.725. The number of aromatic nitrogens is 2. The van der Waals surface area contributed by atoms with Gasteiger partial charge in [0.25, 0.3) is 0 Å². The molecule has 23 heavy (non-hydrogen) atoms. The number of halogens is 2. The predicted molar refractivity (Wildman–Crippen MR) is 85.1 cm³/mol. The molecular weight excluding hydrogens is 298 g/mol. The molecule has 0 aliphatic carbocycles. The van der Waals surface area contributed by atoms with E-state index in [1.165, 1.54) is 12.1 Å². The maximum absolute atomic E-state index is 14.1. The van der Waals surface area contributed by atoms with Crippen molar-refractivity contribution in [2.24, 2.45) is 5.73 Å². The van der Waals surface area contributed by atoms with Gasteiger partial charge in [0.05, 0.1) is 5.69 Å². The molecule has 0 radical (unpaired) electrons. The summed E-state index contributed by atoms with van der Waals surface area (Å²) in [4.78, 5) is 8.64. The van der Waals surface area contributed by atoms with E-state index in [1.807, 2.05) is 30.3 Å². The third kappa shape index (κ3) is 2.89. The summed E-state index contributed by atoms with van der Waals surface area (Å²) in [5.74, 6) is -0.846. The van der Waals surface area contributed by atoms with Crippen molar-refractivity contribution in [3.05, 3.63) is 65.7 Å². The summed E-state index contributed by atoms with van der Waals surface area (Å²) in [6.07, 6.45) is 0. The van der Waals surface area contributed by atoms with Gasteiger partial charge in [-0.25, -0.2) is 18.7 Å². The van der Waals surface area contributed by atoms with Crippen LogP contribution < -0.4 is 11.5 Å². The molecule has 0 aliphatic rings. The van der Waals surface area contributed by atoms with Gasteiger partial charge in [-0.1, -0.05) is 30.3 Å². The first-order chi connectivity index (χ1) is 11.1. The highest BCUT2D eigenvalue weighted by molar-refractivity contribution is 5.71. The van der Waals surface area contributed by atoms with Crippen LogP contribution in [0.5, 0.6) is 0 Å². The Hall–Kier alpha value is -2.86. The third-order valence-corrected chi connectivity index (χ3v) is 3.46. The highest BCUT2D eigenvalue weighted by Crippen LogP contribution is 2.30. The van der Waals surface area contributed by atoms with E-state index in [2.05, 4.69) is 9.97 Å². The zero-order valence-electron chi connectivity index (χ0n) is 12.1. The molecule has 3 aromatic rings. The molecule has 0 saturated carbocycles. The Bertz CT molecular complexity index is 851. The van der Waals surface area contributed by atoms with Crippen LogP contribution in [0.1, 0.15) is 5.56 Å². The molecule has 1 aromatic heterocycles. The standard InChI is InChI=1S/C17H14F2N4/c18-11-6-7-12(14(19)8-11)15-13(9-20)16(21)23-17(22-15)10-4-2-1-3-5-10/h1-8H,9,20H2,(H2,21,22,23). The van der Waals surface area contributed by atoms with E-state index in [0.717, 1.165) is 11.6 Å². The molecule has 0 spiro atoms. The lowest BCUT2D eigenvalue weighted by Gasteiger charge is -2.12. The monoisotopic (exact) mass is 312 g/mol. The van der Waals surface area contributed by atoms with Gasteiger partial charge in [0.1, 0.15) is 17.5 Å². The number of nitrogens with zero attached hydrogens (tertiary/aromatic N) is 2. The van der Waals surface area contributed by atoms with Crippen LogP contribution in [-0.2, 0) is 6.54 Å². The first-order valence-corrected chi connectivity index (χ1v) is 6.97. The first-order valence-electron chi connectivity index (χ1n) is 6.97. The minimum Gasteiger partial charge on any atom is -0.383 e. The Kier molecular flexibility index (Phi) is 3.99. The van der Waals surface area contributed by atoms with E-state index in [0.29, 0.717) is 11.4 Å². The largest absolute Gasteiger partial charge is 0.383 e. The smallest absolute Gasteiger partial charge is 0.162 e. The quantitative estimate of drug-likeness (QED) is 0.779. The highest BCUT2D eigenvalue weighted by Gasteiger charge is 2.17. The number of nitrogens with two attached hydrogens (primary N) is 2. The fraction of sp³-hybridized carbons (Fsp3) is 0.0588. The van der Waals surface area contributed by atoms with Gasteiger partial charge < -0.3 is 11.5 Å². The van der Waals surface area contributed by atoms with Crippen molar-refractivity contribution in [1.82, 2.24) is 9.97 Å². The second kappa shape index (κ2) is 6.10. The van der Waals surface area contributed by atoms with Gasteiger partial charge >= 0.3 is 0 Å². The third-order valence-electron chi connectivity index (χ3n) is 3.46. The molecule has 4 nitrogen and oxygen atoms in total. The Morgan fingerprint density at radius 1 is 0.957 bits per heavy atom. The molecular formula is C17H14F2N4. The molecule has 116 valence electrons. The summed E-state index contributed by atoms with van der Waals surface area (Å²) < 4.78 is 27.3. The Morgan fingerprint density at radius 2 is 1.70 bits per heavy atom. The van der Waals surface area contributed by atoms with Crippen LogP contribution in [-0.4, -0.2) is 9.97 Å². The lowest BCUT2D eigenvalue weighted by Crippen LogP contribution is -2.10. The lowest BCUT2D eigenvalue weighted by atomic mass is 10.0. The molecule has 0 bridgehead atoms. The zero-order chi connectivity index (χ0) is 16.4. The average molecular weight is 312 g/mol. The van der Waals surface area contributed by atoms with Crippen molar-refractivity contribution in [1.29, 1.82) is 0 Å². The minimum absolute atomic E-state index is 0.0487. The Labute approximate surface area is 131 Å². The summed E-state index contributed by atoms with van der Waals surface area (Å²) in [6, 6.07) is 12.5. The van der Waals surface area contributed by atoms with Crippen LogP contribution in [0.15, 0.2) is 48.5 Å². The van der Waals surface area contributed by atoms with Gasteiger partial charge in [-0.15, -0.1) is 0 Å². The van der Waals surface area contributed by atoms with E-state index in [-0.39, 0.29) is 23.6 Å². The number of rotatable bonds is 3. The van der Waals surface area contributed by atoms with Crippen molar-refractivity contribution < 1.29 is 8.78 Å². The van der Waals surface area contributed by atoms with Gasteiger partial charge in [0.2, 0.25) is 0 Å². The molecule has 0 unspecified atom stereocenters. The second-order valence-corrected chi connectivity index (χ2v) is 4.95. The van der Waals surface area contributed by atoms with E-state index in [4.69, 9.17) is 11.5 Å². The Morgan fingerprint density at radius 3 is 2.35 bits per heavy atom. The molecule has 6 heteroatoms. The van der Waals surface area contributed by atoms with Gasteiger partial charge in [0.15, 0.2) is 5.82 Å². The average Bonchev–Trinajstić information content (AvgIpc) is 2.55. The van der Waals surface area contributed by atoms with E-state index >= 15 is 0 Å². The molecule has 3 rings (SSSR count). The second-order valence-electron chi connectivity index (χ2n) is 4.95. The maximum atomic E-state index is 14.1. The van der Waals surface area contributed by atoms with Gasteiger partial charge in [-0.2, -0.15) is 0 Å². The summed E-state index contributed by atoms with van der Waals surface area (Å²) >= 11 is 0. The van der Waals surface area contributed by atoms with E-state index < -0.39 is 11.6 Å². The van der Waals surface area contributed by atoms with E-state index in [9.17, 15) is 8.78 Å². The number of hydrogen-bond acceptors (Lipinski definition) is 4. The summed E-state index contributed by atoms with van der Waals surface area (Å²) in [7, 11) is 0. The molecule has 0 atom stereocenters. The maximum Gasteiger partial charge on any atom is 0.162 e. The predicted octanol–water partition coefficient (Wildman–Crippen LogP) is 3.13. The van der Waals surface area contributed by atoms with Crippen LogP contribution in [0.3, 0.4) is 0 Å². The van der Waals surface area contributed by atoms with Crippen LogP contribution in [0, 0.1) is 11.6 Å². The topological polar surface area (TPSA) is 77.8 Å². The van der Waals surface area contributed by atoms with Crippen LogP contribution >= 0.6 is 0 Å². The van der Waals surface area contributed by atoms with Crippen molar-refractivity contribution in [3.63, 3.8) is 0 Å². The number of anilines is 1. The fourth-order valence-corrected chi connectivity index (χ4v) is 2.32. The van der Waals surface area contributed by atoms with Crippen molar-refractivity contribution >= 4 is 5.82 Å². The van der Waals surface area contributed by atoms with Crippen LogP contribution in [0.25, 0.3) is 22.6 Å². The zero-order valence-corrected chi connectivity index (χ0v) is 12.1. The van der Waals surface area contributed by atoms with Crippen molar-refractivity contribution in [3.8, 4) is 22.6 Å². The Balaban J connectivity index is 2.24. The summed E-state index contributed by atoms with van der Waals surface area (Å²) in [5, 5.41) is 0. The number of hydrogen-bond donors (Lipinski definition) is 2. The van der Waals surface area contributed by atoms with Gasteiger partial charge in [-0.05, 0) is 12.1 Å². The molecule has 0 saturated heterocycles. The molecule has 4 N–H and O–H groups in total. The van der Waals surface area contributed by atoms with Crippen molar-refractivity contribution in [2.45, 2.75) is 6.54 Å². The molecule has 2 aromatic carbocycles. The van der Waals surface area contributed by atoms with Crippen molar-refractivity contribution in [2.75, 3.05) is 5.73 Å². The van der Waals surface area contributed by atoms with E-state index in [1.54, 1.807) is 0 Å². The lowest BCUT2D eigenvalue weighted by molar-refractivity contribution is 0.585. The molecule has 1 heterocycles. The molecule has 0 aliphatic heterocycles. The van der Waals surface area contributed by atoms with Gasteiger partial charge in [0, 0.05) is 29.3 Å². The molecule has 0 fully saturated rings. The summed E-state index contributed by atoms with van der Waals surface area (Å²) in [5.41, 5.74) is 13.2. The van der Waals surface area contributed by atoms with Gasteiger partial charge in [-0.3, -0.25) is 0 Å². The summed E-state index contributed by atoms with van der Waals surface area (Å²) in [6.45, 7) is 0.0487. The number of nitrogen functional groups attached to an aromatic ring is 1. The normalized spacial score (nSPS) is 10.7. The number of benzene rings is 2.